The van der Waals surface area contributed by atoms with Crippen LogP contribution in [-0.2, 0) is 0 Å². The van der Waals surface area contributed by atoms with Crippen LogP contribution in [0.15, 0.2) is 0 Å². The van der Waals surface area contributed by atoms with Crippen LogP contribution in [0.2, 0.25) is 0 Å². The molecule has 1 N–H and O–H groups in total. The summed E-state index contributed by atoms with van der Waals surface area (Å²) in [7, 11) is 0. The lowest BCUT2D eigenvalue weighted by Gasteiger charge is -2.54. The number of hydrogen-bond donors (Lipinski definition) is 1. The molecular weight excluding hydrogens is 166 g/mol. The normalized spacial score (nSPS) is 44.8. The summed E-state index contributed by atoms with van der Waals surface area (Å²) in [6.07, 6.45) is 4.05. The zero-order valence-electron chi connectivity index (χ0n) is 8.31. The lowest BCUT2D eigenvalue weighted by Crippen LogP contribution is -2.59. The minimum Gasteiger partial charge on any atom is -0.299 e. The number of thioether (sulfide) groups is 1. The summed E-state index contributed by atoms with van der Waals surface area (Å²) in [6.45, 7) is 7.08. The van der Waals surface area contributed by atoms with Crippen molar-refractivity contribution >= 4 is 11.8 Å². The predicted molar refractivity (Wildman–Crippen MR) is 55.4 cm³/mol. The first kappa shape index (κ1) is 8.89. The molecule has 0 aromatic heterocycles. The monoisotopic (exact) mass is 185 g/mol. The van der Waals surface area contributed by atoms with E-state index in [2.05, 4.69) is 37.8 Å². The fraction of sp³-hybridized carbons (Fsp3) is 1.00. The summed E-state index contributed by atoms with van der Waals surface area (Å²) in [6, 6.07) is 0.773. The molecule has 0 amide bonds. The summed E-state index contributed by atoms with van der Waals surface area (Å²) in [5.41, 5.74) is 0.529. The van der Waals surface area contributed by atoms with E-state index in [1.54, 1.807) is 0 Å². The summed E-state index contributed by atoms with van der Waals surface area (Å²) in [5.74, 6) is 1.32. The molecule has 0 aromatic rings. The van der Waals surface area contributed by atoms with Gasteiger partial charge in [-0.25, -0.2) is 0 Å². The van der Waals surface area contributed by atoms with Crippen LogP contribution in [0.5, 0.6) is 0 Å². The maximum atomic E-state index is 3.81. The molecule has 1 nitrogen and oxygen atoms in total. The smallest absolute Gasteiger partial charge is 0.0699 e. The van der Waals surface area contributed by atoms with Crippen molar-refractivity contribution in [2.45, 2.75) is 50.9 Å². The van der Waals surface area contributed by atoms with Gasteiger partial charge in [-0.2, -0.15) is 0 Å². The van der Waals surface area contributed by atoms with Gasteiger partial charge in [-0.15, -0.1) is 11.8 Å². The zero-order valence-corrected chi connectivity index (χ0v) is 9.13. The average molecular weight is 185 g/mol. The highest BCUT2D eigenvalue weighted by Gasteiger charge is 2.56. The van der Waals surface area contributed by atoms with Gasteiger partial charge in [0, 0.05) is 11.8 Å². The van der Waals surface area contributed by atoms with Crippen molar-refractivity contribution in [3.63, 3.8) is 0 Å². The van der Waals surface area contributed by atoms with Gasteiger partial charge in [0.15, 0.2) is 0 Å². The number of hydrogen-bond acceptors (Lipinski definition) is 2. The Kier molecular flexibility index (Phi) is 1.96. The van der Waals surface area contributed by atoms with Gasteiger partial charge in [-0.1, -0.05) is 20.8 Å². The molecule has 2 atom stereocenters. The predicted octanol–water partition coefficient (Wildman–Crippen LogP) is 2.62. The van der Waals surface area contributed by atoms with Gasteiger partial charge < -0.3 is 0 Å². The molecule has 70 valence electrons. The highest BCUT2D eigenvalue weighted by atomic mass is 32.2. The molecule has 1 spiro atoms. The molecule has 2 fully saturated rings. The Hall–Kier alpha value is 0.310. The van der Waals surface area contributed by atoms with Crippen molar-refractivity contribution in [3.8, 4) is 0 Å². The van der Waals surface area contributed by atoms with Crippen LogP contribution in [-0.4, -0.2) is 16.7 Å². The van der Waals surface area contributed by atoms with Crippen LogP contribution in [0.25, 0.3) is 0 Å². The third kappa shape index (κ3) is 1.04. The molecule has 2 heteroatoms. The molecule has 1 heterocycles. The molecule has 1 saturated heterocycles. The highest BCUT2D eigenvalue weighted by molar-refractivity contribution is 8.01. The first-order valence-electron chi connectivity index (χ1n) is 5.01. The van der Waals surface area contributed by atoms with Gasteiger partial charge in [-0.05, 0) is 24.7 Å². The van der Waals surface area contributed by atoms with Crippen molar-refractivity contribution in [2.75, 3.05) is 5.75 Å². The molecule has 1 aliphatic carbocycles. The SMILES string of the molecule is CCC1CSC2(CCC2(C)C)N1. The summed E-state index contributed by atoms with van der Waals surface area (Å²) >= 11 is 2.16. The van der Waals surface area contributed by atoms with E-state index in [1.807, 2.05) is 0 Å². The minimum absolute atomic E-state index is 0.452. The van der Waals surface area contributed by atoms with E-state index in [9.17, 15) is 0 Å². The lowest BCUT2D eigenvalue weighted by molar-refractivity contribution is 0.0780. The van der Waals surface area contributed by atoms with E-state index >= 15 is 0 Å². The van der Waals surface area contributed by atoms with Gasteiger partial charge in [0.1, 0.15) is 0 Å². The molecule has 0 bridgehead atoms. The molecule has 12 heavy (non-hydrogen) atoms. The molecule has 2 unspecified atom stereocenters. The molecule has 1 saturated carbocycles. The molecule has 0 aromatic carbocycles. The van der Waals surface area contributed by atoms with Crippen LogP contribution in [0.3, 0.4) is 0 Å². The Bertz CT molecular complexity index is 190. The summed E-state index contributed by atoms with van der Waals surface area (Å²) in [4.78, 5) is 0.452. The van der Waals surface area contributed by atoms with E-state index in [1.165, 1.54) is 25.0 Å². The van der Waals surface area contributed by atoms with Crippen LogP contribution in [0, 0.1) is 5.41 Å². The second-order valence-electron chi connectivity index (χ2n) is 4.77. The van der Waals surface area contributed by atoms with Crippen LogP contribution in [0.4, 0.5) is 0 Å². The molecule has 0 radical (unpaired) electrons. The Morgan fingerprint density at radius 3 is 2.42 bits per heavy atom. The number of nitrogens with one attached hydrogen (secondary N) is 1. The van der Waals surface area contributed by atoms with Crippen molar-refractivity contribution in [2.24, 2.45) is 5.41 Å². The zero-order chi connectivity index (χ0) is 8.82. The fourth-order valence-electron chi connectivity index (χ4n) is 2.26. The van der Waals surface area contributed by atoms with E-state index in [0.717, 1.165) is 6.04 Å². The Morgan fingerprint density at radius 1 is 1.42 bits per heavy atom. The largest absolute Gasteiger partial charge is 0.299 e. The summed E-state index contributed by atoms with van der Waals surface area (Å²) in [5, 5.41) is 3.81. The third-order valence-corrected chi connectivity index (χ3v) is 5.59. The van der Waals surface area contributed by atoms with Gasteiger partial charge >= 0.3 is 0 Å². The van der Waals surface area contributed by atoms with Gasteiger partial charge in [0.25, 0.3) is 0 Å². The minimum atomic E-state index is 0.452. The first-order chi connectivity index (χ1) is 5.60. The Labute approximate surface area is 79.7 Å². The standard InChI is InChI=1S/C10H19NS/c1-4-8-7-12-10(11-8)6-5-9(10,2)3/h8,11H,4-7H2,1-3H3. The molecule has 1 aliphatic heterocycles. The number of rotatable bonds is 1. The summed E-state index contributed by atoms with van der Waals surface area (Å²) < 4.78 is 0. The van der Waals surface area contributed by atoms with Crippen molar-refractivity contribution in [1.82, 2.24) is 5.32 Å². The third-order valence-electron chi connectivity index (χ3n) is 3.66. The maximum absolute atomic E-state index is 3.81. The van der Waals surface area contributed by atoms with E-state index in [0.29, 0.717) is 10.3 Å². The fourth-order valence-corrected chi connectivity index (χ4v) is 4.06. The van der Waals surface area contributed by atoms with Crippen LogP contribution >= 0.6 is 11.8 Å². The van der Waals surface area contributed by atoms with E-state index in [-0.39, 0.29) is 0 Å². The van der Waals surface area contributed by atoms with Crippen molar-refractivity contribution < 1.29 is 0 Å². The highest BCUT2D eigenvalue weighted by Crippen LogP contribution is 2.58. The second kappa shape index (κ2) is 2.65. The van der Waals surface area contributed by atoms with Gasteiger partial charge in [-0.3, -0.25) is 5.32 Å². The maximum Gasteiger partial charge on any atom is 0.0699 e. The van der Waals surface area contributed by atoms with Crippen LogP contribution in [0.1, 0.15) is 40.0 Å². The average Bonchev–Trinajstić information content (AvgIpc) is 2.48. The molecule has 2 rings (SSSR count). The van der Waals surface area contributed by atoms with Crippen LogP contribution < -0.4 is 5.32 Å². The Balaban J connectivity index is 2.06. The Morgan fingerprint density at radius 2 is 2.17 bits per heavy atom. The van der Waals surface area contributed by atoms with E-state index < -0.39 is 0 Å². The van der Waals surface area contributed by atoms with Gasteiger partial charge in [0.2, 0.25) is 0 Å². The van der Waals surface area contributed by atoms with Gasteiger partial charge in [0.05, 0.1) is 4.87 Å². The topological polar surface area (TPSA) is 12.0 Å². The lowest BCUT2D eigenvalue weighted by atomic mass is 9.66. The van der Waals surface area contributed by atoms with Crippen molar-refractivity contribution in [1.29, 1.82) is 0 Å². The molecular formula is C10H19NS. The first-order valence-corrected chi connectivity index (χ1v) is 6.00. The van der Waals surface area contributed by atoms with E-state index in [4.69, 9.17) is 0 Å². The quantitative estimate of drug-likeness (QED) is 0.674. The molecule has 2 aliphatic rings. The van der Waals surface area contributed by atoms with Crippen molar-refractivity contribution in [3.05, 3.63) is 0 Å². The second-order valence-corrected chi connectivity index (χ2v) is 6.09.